The lowest BCUT2D eigenvalue weighted by molar-refractivity contribution is 0.305. The lowest BCUT2D eigenvalue weighted by atomic mass is 10.0. The Balaban J connectivity index is 2.95. The summed E-state index contributed by atoms with van der Waals surface area (Å²) in [6.45, 7) is 14.1. The van der Waals surface area contributed by atoms with E-state index in [0.29, 0.717) is 25.2 Å². The molecular formula is C16H22FN3. The molecule has 108 valence electrons. The fraction of sp³-hybridized carbons (Fsp3) is 0.375. The van der Waals surface area contributed by atoms with Gasteiger partial charge in [0, 0.05) is 12.9 Å². The first-order valence-electron chi connectivity index (χ1n) is 6.67. The van der Waals surface area contributed by atoms with Crippen LogP contribution < -0.4 is 0 Å². The first kappa shape index (κ1) is 16.1. The SMILES string of the molecule is C=NN(CC(=C)N=CC)Cc1cc(C)cc(F)c1CC. The number of halogens is 1. The molecule has 0 bridgehead atoms. The van der Waals surface area contributed by atoms with Crippen molar-refractivity contribution in [1.29, 1.82) is 0 Å². The minimum atomic E-state index is -0.156. The summed E-state index contributed by atoms with van der Waals surface area (Å²) in [5.74, 6) is -0.156. The highest BCUT2D eigenvalue weighted by Crippen LogP contribution is 2.19. The van der Waals surface area contributed by atoms with Crippen molar-refractivity contribution in [3.05, 3.63) is 46.9 Å². The maximum absolute atomic E-state index is 13.9. The number of aryl methyl sites for hydroxylation is 1. The Bertz CT molecular complexity index is 521. The molecule has 0 aliphatic heterocycles. The van der Waals surface area contributed by atoms with Crippen molar-refractivity contribution < 1.29 is 4.39 Å². The van der Waals surface area contributed by atoms with Gasteiger partial charge in [0.1, 0.15) is 5.82 Å². The number of hydrogen-bond acceptors (Lipinski definition) is 3. The van der Waals surface area contributed by atoms with Crippen LogP contribution in [0.15, 0.2) is 34.5 Å². The van der Waals surface area contributed by atoms with Crippen LogP contribution in [0.4, 0.5) is 4.39 Å². The second kappa shape index (κ2) is 7.58. The van der Waals surface area contributed by atoms with Gasteiger partial charge >= 0.3 is 0 Å². The topological polar surface area (TPSA) is 28.0 Å². The van der Waals surface area contributed by atoms with Gasteiger partial charge < -0.3 is 0 Å². The lowest BCUT2D eigenvalue weighted by Gasteiger charge is -2.20. The van der Waals surface area contributed by atoms with E-state index in [1.807, 2.05) is 26.8 Å². The number of hydrogen-bond donors (Lipinski definition) is 0. The molecule has 1 aromatic carbocycles. The average Bonchev–Trinajstić information content (AvgIpc) is 2.37. The predicted octanol–water partition coefficient (Wildman–Crippen LogP) is 3.72. The average molecular weight is 275 g/mol. The van der Waals surface area contributed by atoms with Crippen LogP contribution in [-0.2, 0) is 13.0 Å². The van der Waals surface area contributed by atoms with Crippen LogP contribution in [0, 0.1) is 12.7 Å². The Morgan fingerprint density at radius 2 is 2.15 bits per heavy atom. The number of rotatable bonds is 7. The van der Waals surface area contributed by atoms with Crippen molar-refractivity contribution in [3.63, 3.8) is 0 Å². The van der Waals surface area contributed by atoms with Crippen molar-refractivity contribution in [3.8, 4) is 0 Å². The summed E-state index contributed by atoms with van der Waals surface area (Å²) in [4.78, 5) is 4.11. The molecule has 0 radical (unpaired) electrons. The molecule has 1 aromatic rings. The minimum Gasteiger partial charge on any atom is -0.287 e. The monoisotopic (exact) mass is 275 g/mol. The third-order valence-corrected chi connectivity index (χ3v) is 3.02. The van der Waals surface area contributed by atoms with Crippen molar-refractivity contribution in [2.75, 3.05) is 6.54 Å². The smallest absolute Gasteiger partial charge is 0.126 e. The molecule has 0 aliphatic rings. The fourth-order valence-corrected chi connectivity index (χ4v) is 2.17. The van der Waals surface area contributed by atoms with Gasteiger partial charge in [0.15, 0.2) is 0 Å². The number of nitrogens with zero attached hydrogens (tertiary/aromatic N) is 3. The van der Waals surface area contributed by atoms with Crippen molar-refractivity contribution >= 4 is 12.9 Å². The lowest BCUT2D eigenvalue weighted by Crippen LogP contribution is -2.20. The summed E-state index contributed by atoms with van der Waals surface area (Å²) in [7, 11) is 0. The Labute approximate surface area is 120 Å². The van der Waals surface area contributed by atoms with E-state index < -0.39 is 0 Å². The maximum atomic E-state index is 13.9. The third kappa shape index (κ3) is 4.30. The van der Waals surface area contributed by atoms with Crippen LogP contribution in [0.2, 0.25) is 0 Å². The zero-order chi connectivity index (χ0) is 15.1. The van der Waals surface area contributed by atoms with E-state index in [2.05, 4.69) is 23.4 Å². The van der Waals surface area contributed by atoms with Crippen LogP contribution in [0.5, 0.6) is 0 Å². The van der Waals surface area contributed by atoms with E-state index in [1.54, 1.807) is 17.3 Å². The molecule has 0 fully saturated rings. The van der Waals surface area contributed by atoms with Gasteiger partial charge in [-0.25, -0.2) is 4.39 Å². The summed E-state index contributed by atoms with van der Waals surface area (Å²) in [5, 5.41) is 5.71. The molecule has 0 unspecified atom stereocenters. The van der Waals surface area contributed by atoms with Crippen LogP contribution in [0.1, 0.15) is 30.5 Å². The van der Waals surface area contributed by atoms with Gasteiger partial charge in [-0.15, -0.1) is 0 Å². The Kier molecular flexibility index (Phi) is 6.10. The van der Waals surface area contributed by atoms with Gasteiger partial charge in [-0.3, -0.25) is 10.0 Å². The highest BCUT2D eigenvalue weighted by atomic mass is 19.1. The van der Waals surface area contributed by atoms with Crippen molar-refractivity contribution in [2.45, 2.75) is 33.7 Å². The molecule has 1 rings (SSSR count). The molecule has 0 saturated carbocycles. The Morgan fingerprint density at radius 1 is 1.45 bits per heavy atom. The van der Waals surface area contributed by atoms with Crippen LogP contribution >= 0.6 is 0 Å². The standard InChI is InChI=1S/C16H22FN3/c1-6-15-14(8-12(3)9-16(15)17)11-20(18-5)10-13(4)19-7-2/h7-9H,4-6,10-11H2,1-3H3. The highest BCUT2D eigenvalue weighted by Gasteiger charge is 2.11. The molecule has 0 aromatic heterocycles. The van der Waals surface area contributed by atoms with Gasteiger partial charge in [0.05, 0.1) is 18.8 Å². The highest BCUT2D eigenvalue weighted by molar-refractivity contribution is 5.55. The first-order chi connectivity index (χ1) is 9.51. The quantitative estimate of drug-likeness (QED) is 0.550. The van der Waals surface area contributed by atoms with E-state index in [0.717, 1.165) is 16.7 Å². The molecule has 0 aliphatic carbocycles. The molecule has 0 spiro atoms. The zero-order valence-electron chi connectivity index (χ0n) is 12.5. The van der Waals surface area contributed by atoms with E-state index in [-0.39, 0.29) is 5.82 Å². The Morgan fingerprint density at radius 3 is 2.70 bits per heavy atom. The van der Waals surface area contributed by atoms with E-state index in [1.165, 1.54) is 0 Å². The second-order valence-corrected chi connectivity index (χ2v) is 4.66. The van der Waals surface area contributed by atoms with E-state index in [4.69, 9.17) is 0 Å². The normalized spacial score (nSPS) is 10.8. The summed E-state index contributed by atoms with van der Waals surface area (Å²) in [6.07, 6.45) is 2.34. The molecule has 0 heterocycles. The van der Waals surface area contributed by atoms with Gasteiger partial charge in [-0.05, 0) is 43.0 Å². The van der Waals surface area contributed by atoms with E-state index >= 15 is 0 Å². The first-order valence-corrected chi connectivity index (χ1v) is 6.67. The van der Waals surface area contributed by atoms with Crippen molar-refractivity contribution in [2.24, 2.45) is 10.1 Å². The zero-order valence-corrected chi connectivity index (χ0v) is 12.5. The largest absolute Gasteiger partial charge is 0.287 e. The van der Waals surface area contributed by atoms with Gasteiger partial charge in [0.2, 0.25) is 0 Å². The fourth-order valence-electron chi connectivity index (χ4n) is 2.17. The van der Waals surface area contributed by atoms with Crippen molar-refractivity contribution in [1.82, 2.24) is 5.01 Å². The number of hydrazone groups is 1. The summed E-state index contributed by atoms with van der Waals surface area (Å²) in [5.41, 5.74) is 3.27. The summed E-state index contributed by atoms with van der Waals surface area (Å²) >= 11 is 0. The molecule has 0 atom stereocenters. The number of aliphatic imine (C=N–C) groups is 1. The Hall–Kier alpha value is -1.97. The van der Waals surface area contributed by atoms with E-state index in [9.17, 15) is 4.39 Å². The molecule has 4 heteroatoms. The summed E-state index contributed by atoms with van der Waals surface area (Å²) in [6, 6.07) is 3.56. The molecule has 0 N–H and O–H groups in total. The predicted molar refractivity (Wildman–Crippen MR) is 83.8 cm³/mol. The summed E-state index contributed by atoms with van der Waals surface area (Å²) < 4.78 is 13.9. The van der Waals surface area contributed by atoms with Crippen LogP contribution in [0.25, 0.3) is 0 Å². The van der Waals surface area contributed by atoms with Gasteiger partial charge in [0.25, 0.3) is 0 Å². The molecule has 3 nitrogen and oxygen atoms in total. The molecule has 20 heavy (non-hydrogen) atoms. The van der Waals surface area contributed by atoms with Gasteiger partial charge in [-0.2, -0.15) is 5.10 Å². The molecule has 0 saturated heterocycles. The molecule has 0 amide bonds. The minimum absolute atomic E-state index is 0.156. The maximum Gasteiger partial charge on any atom is 0.126 e. The third-order valence-electron chi connectivity index (χ3n) is 3.02. The van der Waals surface area contributed by atoms with Gasteiger partial charge in [-0.1, -0.05) is 19.6 Å². The number of benzene rings is 1. The van der Waals surface area contributed by atoms with Crippen LogP contribution in [-0.4, -0.2) is 24.5 Å². The molecular weight excluding hydrogens is 253 g/mol. The second-order valence-electron chi connectivity index (χ2n) is 4.66. The van der Waals surface area contributed by atoms with Crippen LogP contribution in [0.3, 0.4) is 0 Å².